The summed E-state index contributed by atoms with van der Waals surface area (Å²) in [4.78, 5) is 13.9. The molecular formula is C21H22N4. The van der Waals surface area contributed by atoms with E-state index in [9.17, 15) is 0 Å². The van der Waals surface area contributed by atoms with Crippen molar-refractivity contribution in [1.82, 2.24) is 20.3 Å². The molecule has 0 aliphatic carbocycles. The first-order valence-corrected chi connectivity index (χ1v) is 8.87. The minimum Gasteiger partial charge on any atom is -0.317 e. The number of aryl methyl sites for hydroxylation is 1. The Morgan fingerprint density at radius 3 is 2.56 bits per heavy atom. The number of pyridine rings is 1. The summed E-state index contributed by atoms with van der Waals surface area (Å²) in [6.07, 6.45) is 7.83. The molecule has 4 heteroatoms. The zero-order chi connectivity index (χ0) is 17.1. The van der Waals surface area contributed by atoms with Crippen molar-refractivity contribution in [3.05, 3.63) is 66.2 Å². The highest BCUT2D eigenvalue weighted by molar-refractivity contribution is 5.70. The van der Waals surface area contributed by atoms with Crippen molar-refractivity contribution >= 4 is 0 Å². The zero-order valence-electron chi connectivity index (χ0n) is 14.4. The van der Waals surface area contributed by atoms with Crippen molar-refractivity contribution in [1.29, 1.82) is 0 Å². The second kappa shape index (κ2) is 7.11. The minimum atomic E-state index is 0.467. The summed E-state index contributed by atoms with van der Waals surface area (Å²) in [6.45, 7) is 4.24. The summed E-state index contributed by atoms with van der Waals surface area (Å²) >= 11 is 0. The average molecular weight is 330 g/mol. The highest BCUT2D eigenvalue weighted by Crippen LogP contribution is 2.34. The fourth-order valence-corrected chi connectivity index (χ4v) is 3.52. The standard InChI is InChI=1S/C21H22N4/c1-15-5-2-3-7-18(15)19-14-24-21(17-6-4-10-23-13-17)25-20(19)16-8-11-22-12-9-16/h2-7,10,13-14,16,22H,8-9,11-12H2,1H3. The van der Waals surface area contributed by atoms with Crippen LogP contribution in [-0.2, 0) is 0 Å². The number of hydrogen-bond donors (Lipinski definition) is 1. The molecule has 126 valence electrons. The number of rotatable bonds is 3. The third-order valence-corrected chi connectivity index (χ3v) is 4.90. The Hall–Kier alpha value is -2.59. The van der Waals surface area contributed by atoms with Crippen molar-refractivity contribution in [2.75, 3.05) is 13.1 Å². The zero-order valence-corrected chi connectivity index (χ0v) is 14.4. The Kier molecular flexibility index (Phi) is 4.53. The van der Waals surface area contributed by atoms with E-state index in [1.807, 2.05) is 24.5 Å². The topological polar surface area (TPSA) is 50.7 Å². The Balaban J connectivity index is 1.84. The number of nitrogens with zero attached hydrogens (tertiary/aromatic N) is 3. The van der Waals surface area contributed by atoms with Crippen LogP contribution in [-0.4, -0.2) is 28.0 Å². The van der Waals surface area contributed by atoms with Crippen LogP contribution < -0.4 is 5.32 Å². The van der Waals surface area contributed by atoms with Gasteiger partial charge in [-0.1, -0.05) is 24.3 Å². The molecule has 3 heterocycles. The molecule has 0 bridgehead atoms. The van der Waals surface area contributed by atoms with Crippen LogP contribution in [0.15, 0.2) is 55.0 Å². The first-order chi connectivity index (χ1) is 12.3. The van der Waals surface area contributed by atoms with E-state index in [-0.39, 0.29) is 0 Å². The van der Waals surface area contributed by atoms with Gasteiger partial charge in [-0.15, -0.1) is 0 Å². The van der Waals surface area contributed by atoms with E-state index in [1.54, 1.807) is 6.20 Å². The van der Waals surface area contributed by atoms with E-state index in [0.717, 1.165) is 42.9 Å². The lowest BCUT2D eigenvalue weighted by molar-refractivity contribution is 0.454. The molecular weight excluding hydrogens is 308 g/mol. The number of benzene rings is 1. The van der Waals surface area contributed by atoms with Gasteiger partial charge in [-0.25, -0.2) is 9.97 Å². The lowest BCUT2D eigenvalue weighted by atomic mass is 9.88. The lowest BCUT2D eigenvalue weighted by Crippen LogP contribution is -2.27. The maximum Gasteiger partial charge on any atom is 0.160 e. The predicted octanol–water partition coefficient (Wildman–Crippen LogP) is 3.98. The highest BCUT2D eigenvalue weighted by atomic mass is 14.9. The van der Waals surface area contributed by atoms with Crippen LogP contribution in [0, 0.1) is 6.92 Å². The van der Waals surface area contributed by atoms with Gasteiger partial charge in [-0.05, 0) is 56.1 Å². The first kappa shape index (κ1) is 15.9. The average Bonchev–Trinajstić information content (AvgIpc) is 2.69. The van der Waals surface area contributed by atoms with Crippen LogP contribution in [0.2, 0.25) is 0 Å². The van der Waals surface area contributed by atoms with Crippen molar-refractivity contribution in [3.63, 3.8) is 0 Å². The van der Waals surface area contributed by atoms with Gasteiger partial charge in [0.1, 0.15) is 0 Å². The van der Waals surface area contributed by atoms with Crippen LogP contribution in [0.4, 0.5) is 0 Å². The van der Waals surface area contributed by atoms with E-state index in [1.165, 1.54) is 16.8 Å². The molecule has 4 rings (SSSR count). The molecule has 0 radical (unpaired) electrons. The lowest BCUT2D eigenvalue weighted by Gasteiger charge is -2.25. The summed E-state index contributed by atoms with van der Waals surface area (Å²) in [7, 11) is 0. The molecule has 4 nitrogen and oxygen atoms in total. The second-order valence-electron chi connectivity index (χ2n) is 6.57. The minimum absolute atomic E-state index is 0.467. The first-order valence-electron chi connectivity index (χ1n) is 8.87. The van der Waals surface area contributed by atoms with Gasteiger partial charge < -0.3 is 5.32 Å². The highest BCUT2D eigenvalue weighted by Gasteiger charge is 2.22. The quantitative estimate of drug-likeness (QED) is 0.789. The van der Waals surface area contributed by atoms with E-state index >= 15 is 0 Å². The molecule has 25 heavy (non-hydrogen) atoms. The molecule has 2 aromatic heterocycles. The molecule has 0 unspecified atom stereocenters. The molecule has 0 saturated carbocycles. The van der Waals surface area contributed by atoms with Gasteiger partial charge >= 0.3 is 0 Å². The van der Waals surface area contributed by atoms with E-state index in [2.05, 4.69) is 46.5 Å². The van der Waals surface area contributed by atoms with Crippen LogP contribution in [0.3, 0.4) is 0 Å². The summed E-state index contributed by atoms with van der Waals surface area (Å²) in [5, 5.41) is 3.45. The molecule has 0 spiro atoms. The Morgan fingerprint density at radius 2 is 1.80 bits per heavy atom. The summed E-state index contributed by atoms with van der Waals surface area (Å²) in [6, 6.07) is 12.4. The Bertz CT molecular complexity index is 855. The van der Waals surface area contributed by atoms with Gasteiger partial charge in [0, 0.05) is 35.6 Å². The maximum absolute atomic E-state index is 5.01. The Morgan fingerprint density at radius 1 is 0.960 bits per heavy atom. The second-order valence-corrected chi connectivity index (χ2v) is 6.57. The van der Waals surface area contributed by atoms with Gasteiger partial charge in [-0.2, -0.15) is 0 Å². The van der Waals surface area contributed by atoms with Crippen LogP contribution >= 0.6 is 0 Å². The smallest absolute Gasteiger partial charge is 0.160 e. The molecule has 0 atom stereocenters. The SMILES string of the molecule is Cc1ccccc1-c1cnc(-c2cccnc2)nc1C1CCNCC1. The maximum atomic E-state index is 5.01. The Labute approximate surface area is 148 Å². The van der Waals surface area contributed by atoms with Gasteiger partial charge in [0.25, 0.3) is 0 Å². The third kappa shape index (κ3) is 3.30. The molecule has 3 aromatic rings. The number of nitrogens with one attached hydrogen (secondary N) is 1. The normalized spacial score (nSPS) is 15.2. The van der Waals surface area contributed by atoms with Crippen LogP contribution in [0.1, 0.15) is 30.0 Å². The fraction of sp³-hybridized carbons (Fsp3) is 0.286. The molecule has 1 N–H and O–H groups in total. The molecule has 1 aliphatic heterocycles. The molecule has 0 amide bonds. The van der Waals surface area contributed by atoms with E-state index < -0.39 is 0 Å². The van der Waals surface area contributed by atoms with Gasteiger partial charge in [0.2, 0.25) is 0 Å². The summed E-state index contributed by atoms with van der Waals surface area (Å²) < 4.78 is 0. The summed E-state index contributed by atoms with van der Waals surface area (Å²) in [5.74, 6) is 1.23. The van der Waals surface area contributed by atoms with Crippen LogP contribution in [0.25, 0.3) is 22.5 Å². The fourth-order valence-electron chi connectivity index (χ4n) is 3.52. The number of aromatic nitrogens is 3. The van der Waals surface area contributed by atoms with Crippen molar-refractivity contribution in [3.8, 4) is 22.5 Å². The van der Waals surface area contributed by atoms with Gasteiger partial charge in [-0.3, -0.25) is 4.98 Å². The van der Waals surface area contributed by atoms with Gasteiger partial charge in [0.15, 0.2) is 5.82 Å². The summed E-state index contributed by atoms with van der Waals surface area (Å²) in [5.41, 5.74) is 5.79. The van der Waals surface area contributed by atoms with E-state index in [4.69, 9.17) is 4.98 Å². The monoisotopic (exact) mass is 330 g/mol. The largest absolute Gasteiger partial charge is 0.317 e. The molecule has 1 aliphatic rings. The molecule has 1 aromatic carbocycles. The van der Waals surface area contributed by atoms with Crippen molar-refractivity contribution < 1.29 is 0 Å². The molecule has 1 saturated heterocycles. The van der Waals surface area contributed by atoms with Crippen molar-refractivity contribution in [2.45, 2.75) is 25.7 Å². The third-order valence-electron chi connectivity index (χ3n) is 4.90. The van der Waals surface area contributed by atoms with Gasteiger partial charge in [0.05, 0.1) is 5.69 Å². The van der Waals surface area contributed by atoms with E-state index in [0.29, 0.717) is 5.92 Å². The predicted molar refractivity (Wildman–Crippen MR) is 100 cm³/mol. The van der Waals surface area contributed by atoms with Crippen LogP contribution in [0.5, 0.6) is 0 Å². The number of hydrogen-bond acceptors (Lipinski definition) is 4. The molecule has 1 fully saturated rings. The number of piperidine rings is 1. The van der Waals surface area contributed by atoms with Crippen molar-refractivity contribution in [2.24, 2.45) is 0 Å².